The zero-order valence-corrected chi connectivity index (χ0v) is 12.8. The van der Waals surface area contributed by atoms with Gasteiger partial charge in [0.05, 0.1) is 6.54 Å². The number of allylic oxidation sites excluding steroid dienone is 3. The van der Waals surface area contributed by atoms with Gasteiger partial charge in [0.25, 0.3) is 0 Å². The van der Waals surface area contributed by atoms with Gasteiger partial charge in [0, 0.05) is 5.57 Å². The number of rotatable bonds is 5. The van der Waals surface area contributed by atoms with Gasteiger partial charge in [-0.2, -0.15) is 4.99 Å². The molecule has 0 fully saturated rings. The van der Waals surface area contributed by atoms with E-state index >= 15 is 0 Å². The number of nitrogens with zero attached hydrogens (tertiary/aromatic N) is 3. The minimum absolute atomic E-state index is 0.0510. The zero-order chi connectivity index (χ0) is 15.5. The van der Waals surface area contributed by atoms with E-state index in [1.807, 2.05) is 55.5 Å². The van der Waals surface area contributed by atoms with Gasteiger partial charge in [-0.05, 0) is 30.8 Å². The summed E-state index contributed by atoms with van der Waals surface area (Å²) in [6, 6.07) is 9.90. The summed E-state index contributed by atoms with van der Waals surface area (Å²) in [5, 5.41) is 0.0510. The second-order valence-electron chi connectivity index (χ2n) is 4.02. The molecule has 0 N–H and O–H groups in total. The molecule has 1 rings (SSSR count). The number of hydrogen-bond acceptors (Lipinski definition) is 1. The summed E-state index contributed by atoms with van der Waals surface area (Å²) in [5.41, 5.74) is 1.85. The number of amidine groups is 2. The lowest BCUT2D eigenvalue weighted by molar-refractivity contribution is 1.06. The lowest BCUT2D eigenvalue weighted by atomic mass is 10.2. The van der Waals surface area contributed by atoms with Gasteiger partial charge in [-0.15, -0.1) is 0 Å². The van der Waals surface area contributed by atoms with Crippen LogP contribution in [0.15, 0.2) is 81.8 Å². The van der Waals surface area contributed by atoms with Crippen LogP contribution in [-0.4, -0.2) is 17.8 Å². The summed E-state index contributed by atoms with van der Waals surface area (Å²) in [6.45, 7) is 9.57. The third kappa shape index (κ3) is 6.15. The van der Waals surface area contributed by atoms with Crippen molar-refractivity contribution in [3.8, 4) is 0 Å². The van der Waals surface area contributed by atoms with Crippen LogP contribution in [0.25, 0.3) is 0 Å². The number of halogens is 1. The van der Waals surface area contributed by atoms with Gasteiger partial charge in [0.2, 0.25) is 5.29 Å². The Bertz CT molecular complexity index is 596. The second-order valence-corrected chi connectivity index (χ2v) is 4.35. The molecule has 0 bridgehead atoms. The fourth-order valence-electron chi connectivity index (χ4n) is 1.50. The normalized spacial score (nSPS) is 13.5. The average Bonchev–Trinajstić information content (AvgIpc) is 2.53. The fourth-order valence-corrected chi connectivity index (χ4v) is 1.58. The molecule has 0 saturated carbocycles. The Morgan fingerprint density at radius 1 is 1.29 bits per heavy atom. The molecule has 0 unspecified atom stereocenters. The zero-order valence-electron chi connectivity index (χ0n) is 12.0. The number of hydrogen-bond donors (Lipinski definition) is 0. The van der Waals surface area contributed by atoms with Crippen molar-refractivity contribution in [1.29, 1.82) is 0 Å². The van der Waals surface area contributed by atoms with Gasteiger partial charge in [-0.3, -0.25) is 4.99 Å². The first kappa shape index (κ1) is 16.8. The molecule has 0 aliphatic heterocycles. The molecule has 0 aromatic heterocycles. The summed E-state index contributed by atoms with van der Waals surface area (Å²) in [5.74, 6) is 0.476. The van der Waals surface area contributed by atoms with Crippen LogP contribution in [0.1, 0.15) is 12.5 Å². The van der Waals surface area contributed by atoms with Crippen LogP contribution in [0.4, 0.5) is 0 Å². The first-order valence-corrected chi connectivity index (χ1v) is 6.84. The lowest BCUT2D eigenvalue weighted by Crippen LogP contribution is -2.01. The monoisotopic (exact) mass is 299 g/mol. The van der Waals surface area contributed by atoms with Crippen molar-refractivity contribution in [1.82, 2.24) is 0 Å². The second kappa shape index (κ2) is 9.61. The molecule has 0 heterocycles. The molecule has 108 valence electrons. The standard InChI is InChI=1S/C17H18ClN3/c1-4-6-12-15(5-2)16(21-17(18)19-3)20-13-14-10-8-7-9-11-14/h4-12H,2-3,13H2,1H3/b6-4-,15-12+,20-16?,21-17?. The Morgan fingerprint density at radius 3 is 2.57 bits per heavy atom. The van der Waals surface area contributed by atoms with Gasteiger partial charge in [-0.25, -0.2) is 4.99 Å². The molecule has 0 saturated heterocycles. The Kier molecular flexibility index (Phi) is 7.69. The van der Waals surface area contributed by atoms with E-state index in [0.717, 1.165) is 11.1 Å². The van der Waals surface area contributed by atoms with Crippen LogP contribution >= 0.6 is 11.6 Å². The van der Waals surface area contributed by atoms with Gasteiger partial charge < -0.3 is 0 Å². The third-order valence-electron chi connectivity index (χ3n) is 2.53. The fraction of sp³-hybridized carbons (Fsp3) is 0.118. The van der Waals surface area contributed by atoms with Gasteiger partial charge in [-0.1, -0.05) is 61.2 Å². The van der Waals surface area contributed by atoms with Crippen LogP contribution in [0.3, 0.4) is 0 Å². The quantitative estimate of drug-likeness (QED) is 0.331. The highest BCUT2D eigenvalue weighted by atomic mass is 35.5. The van der Waals surface area contributed by atoms with E-state index in [1.165, 1.54) is 0 Å². The molecule has 0 aliphatic rings. The van der Waals surface area contributed by atoms with E-state index in [4.69, 9.17) is 11.6 Å². The van der Waals surface area contributed by atoms with Gasteiger partial charge in [0.1, 0.15) is 0 Å². The Labute approximate surface area is 130 Å². The summed E-state index contributed by atoms with van der Waals surface area (Å²) < 4.78 is 0. The molecule has 0 amide bonds. The SMILES string of the molecule is C=C/C(=C\C=C/C)C(N=C(Cl)N=C)=NCc1ccccc1. The number of aliphatic imine (C=N–C) groups is 3. The summed E-state index contributed by atoms with van der Waals surface area (Å²) in [4.78, 5) is 12.2. The molecule has 0 spiro atoms. The molecular formula is C17H18ClN3. The Hall–Kier alpha value is -2.26. The average molecular weight is 300 g/mol. The van der Waals surface area contributed by atoms with Gasteiger partial charge in [0.15, 0.2) is 5.84 Å². The predicted molar refractivity (Wildman–Crippen MR) is 93.5 cm³/mol. The van der Waals surface area contributed by atoms with E-state index in [0.29, 0.717) is 12.4 Å². The number of benzene rings is 1. The van der Waals surface area contributed by atoms with E-state index in [-0.39, 0.29) is 5.29 Å². The minimum Gasteiger partial charge on any atom is -0.261 e. The van der Waals surface area contributed by atoms with Crippen LogP contribution in [0.5, 0.6) is 0 Å². The van der Waals surface area contributed by atoms with Crippen LogP contribution < -0.4 is 0 Å². The minimum atomic E-state index is 0.0510. The van der Waals surface area contributed by atoms with Crippen molar-refractivity contribution in [2.24, 2.45) is 15.0 Å². The van der Waals surface area contributed by atoms with Gasteiger partial charge >= 0.3 is 0 Å². The summed E-state index contributed by atoms with van der Waals surface area (Å²) >= 11 is 5.84. The third-order valence-corrected chi connectivity index (χ3v) is 2.73. The van der Waals surface area contributed by atoms with Crippen LogP contribution in [0, 0.1) is 0 Å². The highest BCUT2D eigenvalue weighted by molar-refractivity contribution is 6.66. The van der Waals surface area contributed by atoms with Crippen molar-refractivity contribution in [3.05, 3.63) is 72.4 Å². The molecule has 0 radical (unpaired) electrons. The topological polar surface area (TPSA) is 37.1 Å². The van der Waals surface area contributed by atoms with E-state index in [2.05, 4.69) is 28.3 Å². The molecule has 3 nitrogen and oxygen atoms in total. The van der Waals surface area contributed by atoms with Crippen molar-refractivity contribution >= 4 is 29.4 Å². The largest absolute Gasteiger partial charge is 0.261 e. The summed E-state index contributed by atoms with van der Waals surface area (Å²) in [7, 11) is 0. The Morgan fingerprint density at radius 2 is 2.00 bits per heavy atom. The van der Waals surface area contributed by atoms with Crippen LogP contribution in [0.2, 0.25) is 0 Å². The highest BCUT2D eigenvalue weighted by Crippen LogP contribution is 2.08. The molecule has 0 aliphatic carbocycles. The molecule has 21 heavy (non-hydrogen) atoms. The lowest BCUT2D eigenvalue weighted by Gasteiger charge is -2.03. The van der Waals surface area contributed by atoms with Crippen molar-refractivity contribution < 1.29 is 0 Å². The first-order valence-electron chi connectivity index (χ1n) is 6.46. The van der Waals surface area contributed by atoms with E-state index in [9.17, 15) is 0 Å². The maximum Gasteiger partial charge on any atom is 0.223 e. The smallest absolute Gasteiger partial charge is 0.223 e. The first-order chi connectivity index (χ1) is 10.2. The van der Waals surface area contributed by atoms with Crippen molar-refractivity contribution in [2.45, 2.75) is 13.5 Å². The van der Waals surface area contributed by atoms with E-state index in [1.54, 1.807) is 6.08 Å². The molecule has 0 atom stereocenters. The predicted octanol–water partition coefficient (Wildman–Crippen LogP) is 4.57. The Balaban J connectivity index is 3.12. The van der Waals surface area contributed by atoms with Crippen molar-refractivity contribution in [3.63, 3.8) is 0 Å². The van der Waals surface area contributed by atoms with E-state index < -0.39 is 0 Å². The van der Waals surface area contributed by atoms with Crippen molar-refractivity contribution in [2.75, 3.05) is 0 Å². The highest BCUT2D eigenvalue weighted by Gasteiger charge is 2.03. The molecule has 1 aromatic carbocycles. The maximum absolute atomic E-state index is 5.84. The maximum atomic E-state index is 5.84. The molecule has 4 heteroatoms. The summed E-state index contributed by atoms with van der Waals surface area (Å²) in [6.07, 6.45) is 7.35. The molecular weight excluding hydrogens is 282 g/mol. The molecule has 1 aromatic rings. The van der Waals surface area contributed by atoms with Crippen LogP contribution in [-0.2, 0) is 6.54 Å².